The Morgan fingerprint density at radius 1 is 0.897 bits per heavy atom. The molecule has 2 unspecified atom stereocenters. The normalized spacial score (nSPS) is 20.9. The minimum Gasteiger partial charge on any atom is -0.479 e. The number of likely N-dealkylation sites (tertiary alicyclic amines) is 1. The molecule has 9 nitrogen and oxygen atoms in total. The first kappa shape index (κ1) is 24.7. The molecule has 0 aliphatic carbocycles. The minimum atomic E-state index is -2.49. The van der Waals surface area contributed by atoms with Crippen molar-refractivity contribution >= 4 is 24.0 Å². The van der Waals surface area contributed by atoms with Crippen LogP contribution in [-0.2, 0) is 28.6 Å². The van der Waals surface area contributed by atoms with Crippen molar-refractivity contribution in [2.45, 2.75) is 71.3 Å². The average molecular weight is 415 g/mol. The fourth-order valence-corrected chi connectivity index (χ4v) is 3.18. The zero-order valence-corrected chi connectivity index (χ0v) is 17.6. The van der Waals surface area contributed by atoms with Crippen LogP contribution in [0.25, 0.3) is 0 Å². The third-order valence-corrected chi connectivity index (χ3v) is 4.91. The lowest BCUT2D eigenvalue weighted by Gasteiger charge is -2.34. The Kier molecular flexibility index (Phi) is 10.5. The largest absolute Gasteiger partial charge is 0.479 e. The van der Waals surface area contributed by atoms with Gasteiger partial charge in [-0.2, -0.15) is 0 Å². The monoisotopic (exact) mass is 415 g/mol. The van der Waals surface area contributed by atoms with Crippen LogP contribution in [-0.4, -0.2) is 65.9 Å². The first-order valence-corrected chi connectivity index (χ1v) is 10.4. The van der Waals surface area contributed by atoms with Crippen molar-refractivity contribution < 1.29 is 38.5 Å². The topological polar surface area (TPSA) is 119 Å². The van der Waals surface area contributed by atoms with Gasteiger partial charge in [0.25, 0.3) is 5.54 Å². The quantitative estimate of drug-likeness (QED) is 0.224. The molecule has 2 atom stereocenters. The molecule has 1 saturated heterocycles. The van der Waals surface area contributed by atoms with Crippen LogP contribution in [0.5, 0.6) is 0 Å². The van der Waals surface area contributed by atoms with E-state index in [1.807, 2.05) is 20.8 Å². The average Bonchev–Trinajstić information content (AvgIpc) is 3.10. The minimum absolute atomic E-state index is 0.000683. The highest BCUT2D eigenvalue weighted by Gasteiger charge is 2.67. The van der Waals surface area contributed by atoms with Gasteiger partial charge in [-0.3, -0.25) is 9.69 Å². The zero-order chi connectivity index (χ0) is 21.9. The van der Waals surface area contributed by atoms with E-state index in [1.165, 1.54) is 0 Å². The molecule has 1 rings (SSSR count). The Labute approximate surface area is 171 Å². The molecule has 29 heavy (non-hydrogen) atoms. The van der Waals surface area contributed by atoms with E-state index in [1.54, 1.807) is 0 Å². The van der Waals surface area contributed by atoms with E-state index in [2.05, 4.69) is 0 Å². The Morgan fingerprint density at radius 3 is 1.93 bits per heavy atom. The van der Waals surface area contributed by atoms with Crippen molar-refractivity contribution in [2.24, 2.45) is 5.92 Å². The number of esters is 2. The lowest BCUT2D eigenvalue weighted by atomic mass is 9.84. The van der Waals surface area contributed by atoms with Crippen LogP contribution in [0.2, 0.25) is 0 Å². The summed E-state index contributed by atoms with van der Waals surface area (Å²) in [6.07, 6.45) is 3.08. The third kappa shape index (κ3) is 5.83. The van der Waals surface area contributed by atoms with Crippen molar-refractivity contribution in [3.8, 4) is 0 Å². The van der Waals surface area contributed by atoms with E-state index in [-0.39, 0.29) is 32.8 Å². The molecule has 0 spiro atoms. The third-order valence-electron chi connectivity index (χ3n) is 4.91. The van der Waals surface area contributed by atoms with E-state index >= 15 is 0 Å². The highest BCUT2D eigenvalue weighted by Crippen LogP contribution is 2.38. The first-order valence-electron chi connectivity index (χ1n) is 10.4. The second-order valence-electron chi connectivity index (χ2n) is 7.04. The number of carbonyl (C=O) groups excluding carboxylic acids is 3. The van der Waals surface area contributed by atoms with Gasteiger partial charge in [-0.05, 0) is 25.7 Å². The van der Waals surface area contributed by atoms with E-state index in [0.29, 0.717) is 19.3 Å². The van der Waals surface area contributed by atoms with E-state index in [4.69, 9.17) is 14.2 Å². The number of unbranched alkanes of at least 4 members (excludes halogenated alkanes) is 3. The second-order valence-corrected chi connectivity index (χ2v) is 7.04. The van der Waals surface area contributed by atoms with Crippen LogP contribution in [0.15, 0.2) is 0 Å². The molecule has 1 heterocycles. The number of carboxylic acids is 1. The summed E-state index contributed by atoms with van der Waals surface area (Å²) in [5, 5.41) is 10.0. The van der Waals surface area contributed by atoms with Crippen molar-refractivity contribution in [3.05, 3.63) is 0 Å². The molecule has 0 aromatic heterocycles. The maximum atomic E-state index is 12.9. The van der Waals surface area contributed by atoms with Gasteiger partial charge in [0, 0.05) is 6.54 Å². The van der Waals surface area contributed by atoms with Gasteiger partial charge in [0.2, 0.25) is 0 Å². The number of aliphatic carboxylic acids is 1. The molecule has 0 bridgehead atoms. The van der Waals surface area contributed by atoms with Crippen molar-refractivity contribution in [1.29, 1.82) is 0 Å². The molecule has 1 amide bonds. The molecular weight excluding hydrogens is 382 g/mol. The van der Waals surface area contributed by atoms with Crippen LogP contribution in [0.4, 0.5) is 4.79 Å². The number of hydrogen-bond acceptors (Lipinski definition) is 7. The van der Waals surface area contributed by atoms with Crippen LogP contribution >= 0.6 is 0 Å². The summed E-state index contributed by atoms with van der Waals surface area (Å²) in [5.41, 5.74) is -2.49. The Morgan fingerprint density at radius 2 is 1.41 bits per heavy atom. The molecule has 0 aromatic rings. The Hall–Kier alpha value is -2.32. The molecule has 166 valence electrons. The summed E-state index contributed by atoms with van der Waals surface area (Å²) in [4.78, 5) is 51.3. The molecule has 9 heteroatoms. The van der Waals surface area contributed by atoms with Gasteiger partial charge >= 0.3 is 24.0 Å². The Balaban J connectivity index is 3.19. The number of nitrogens with zero attached hydrogens (tertiary/aromatic N) is 1. The van der Waals surface area contributed by atoms with Crippen LogP contribution in [0, 0.1) is 5.92 Å². The van der Waals surface area contributed by atoms with Crippen molar-refractivity contribution in [1.82, 2.24) is 4.90 Å². The highest BCUT2D eigenvalue weighted by molar-refractivity contribution is 6.10. The van der Waals surface area contributed by atoms with Gasteiger partial charge in [0.1, 0.15) is 5.92 Å². The molecular formula is C20H33NO8. The summed E-state index contributed by atoms with van der Waals surface area (Å²) in [6, 6.07) is 0. The lowest BCUT2D eigenvalue weighted by Crippen LogP contribution is -2.64. The Bertz CT molecular complexity index is 547. The zero-order valence-electron chi connectivity index (χ0n) is 17.6. The molecule has 1 fully saturated rings. The standard InChI is InChI=1S/C20H33NO8/c1-4-7-12-27-16(22)15-10-11-21(19(26)29-14-9-6-3)20(15,17(23)24)18(25)28-13-8-5-2/h15H,4-14H2,1-3H3,(H,23,24). The number of rotatable bonds is 12. The number of amides is 1. The van der Waals surface area contributed by atoms with E-state index in [9.17, 15) is 24.3 Å². The van der Waals surface area contributed by atoms with Crippen LogP contribution in [0.3, 0.4) is 0 Å². The second kappa shape index (κ2) is 12.3. The molecule has 0 radical (unpaired) electrons. The van der Waals surface area contributed by atoms with Gasteiger partial charge in [0.05, 0.1) is 19.8 Å². The number of hydrogen-bond donors (Lipinski definition) is 1. The van der Waals surface area contributed by atoms with E-state index in [0.717, 1.165) is 24.2 Å². The smallest absolute Gasteiger partial charge is 0.411 e. The first-order chi connectivity index (χ1) is 13.9. The lowest BCUT2D eigenvalue weighted by molar-refractivity contribution is -0.177. The molecule has 1 N–H and O–H groups in total. The molecule has 0 saturated carbocycles. The maximum absolute atomic E-state index is 12.9. The van der Waals surface area contributed by atoms with Crippen LogP contribution < -0.4 is 0 Å². The summed E-state index contributed by atoms with van der Waals surface area (Å²) in [5.74, 6) is -4.94. The van der Waals surface area contributed by atoms with Gasteiger partial charge in [0.15, 0.2) is 0 Å². The summed E-state index contributed by atoms with van der Waals surface area (Å²) in [6.45, 7) is 5.82. The fraction of sp³-hybridized carbons (Fsp3) is 0.800. The van der Waals surface area contributed by atoms with Gasteiger partial charge in [-0.15, -0.1) is 0 Å². The summed E-state index contributed by atoms with van der Waals surface area (Å²) >= 11 is 0. The number of ether oxygens (including phenoxy) is 3. The van der Waals surface area contributed by atoms with E-state index < -0.39 is 35.5 Å². The predicted molar refractivity (Wildman–Crippen MR) is 103 cm³/mol. The maximum Gasteiger partial charge on any atom is 0.411 e. The van der Waals surface area contributed by atoms with Gasteiger partial charge in [-0.25, -0.2) is 14.4 Å². The molecule has 0 aromatic carbocycles. The van der Waals surface area contributed by atoms with Gasteiger partial charge in [-0.1, -0.05) is 40.0 Å². The number of carboxylic acid groups (broad SMARTS) is 1. The van der Waals surface area contributed by atoms with Crippen LogP contribution in [0.1, 0.15) is 65.7 Å². The summed E-state index contributed by atoms with van der Waals surface area (Å²) < 4.78 is 15.5. The van der Waals surface area contributed by atoms with Gasteiger partial charge < -0.3 is 19.3 Å². The highest BCUT2D eigenvalue weighted by atomic mass is 16.6. The van der Waals surface area contributed by atoms with Crippen molar-refractivity contribution in [2.75, 3.05) is 26.4 Å². The van der Waals surface area contributed by atoms with Crippen molar-refractivity contribution in [3.63, 3.8) is 0 Å². The summed E-state index contributed by atoms with van der Waals surface area (Å²) in [7, 11) is 0. The predicted octanol–water partition coefficient (Wildman–Crippen LogP) is 2.76. The number of carbonyl (C=O) groups is 4. The fourth-order valence-electron chi connectivity index (χ4n) is 3.18. The molecule has 1 aliphatic heterocycles. The molecule has 1 aliphatic rings. The SMILES string of the molecule is CCCCOC(=O)C1CCN(C(=O)OCCCC)C1(C(=O)O)C(=O)OCCCC.